The van der Waals surface area contributed by atoms with Crippen LogP contribution in [0.2, 0.25) is 0 Å². The minimum absolute atomic E-state index is 0.462. The van der Waals surface area contributed by atoms with Crippen LogP contribution >= 0.6 is 11.8 Å². The average molecular weight is 609 g/mol. The Morgan fingerprint density at radius 3 is 1.74 bits per heavy atom. The highest BCUT2D eigenvalue weighted by atomic mass is 32.2. The maximum absolute atomic E-state index is 5.12. The summed E-state index contributed by atoms with van der Waals surface area (Å²) < 4.78 is 0. The highest BCUT2D eigenvalue weighted by molar-refractivity contribution is 7.99. The molecule has 0 atom stereocenters. The van der Waals surface area contributed by atoms with Crippen LogP contribution in [0.5, 0.6) is 0 Å². The van der Waals surface area contributed by atoms with Gasteiger partial charge in [0.25, 0.3) is 0 Å². The smallest absolute Gasteiger partial charge is 0.165 e. The molecule has 5 aromatic carbocycles. The van der Waals surface area contributed by atoms with Crippen LogP contribution in [-0.2, 0) is 5.41 Å². The molecule has 0 N–H and O–H groups in total. The molecule has 3 heterocycles. The van der Waals surface area contributed by atoms with Gasteiger partial charge in [-0.3, -0.25) is 4.98 Å². The number of nitrogens with zero attached hydrogens (tertiary/aromatic N) is 4. The van der Waals surface area contributed by atoms with Gasteiger partial charge in [-0.1, -0.05) is 115 Å². The SMILES string of the molecule is Cc1ccc(-c2nc(-c3ccccc3)nc(-c3ccc4c(c3)C3(c5ccccc5S4)c4ccccc4-c4ccccc43)n2)c(C)n1. The van der Waals surface area contributed by atoms with Crippen LogP contribution in [0.1, 0.15) is 33.6 Å². The zero-order valence-electron chi connectivity index (χ0n) is 25.4. The highest BCUT2D eigenvalue weighted by Crippen LogP contribution is 2.62. The first-order valence-corrected chi connectivity index (χ1v) is 16.3. The Balaban J connectivity index is 1.32. The molecule has 1 aliphatic heterocycles. The molecule has 46 heavy (non-hydrogen) atoms. The van der Waals surface area contributed by atoms with Crippen molar-refractivity contribution in [2.45, 2.75) is 29.1 Å². The Labute approximate surface area is 272 Å². The molecule has 2 aliphatic rings. The van der Waals surface area contributed by atoms with Crippen LogP contribution in [-0.4, -0.2) is 19.9 Å². The minimum atomic E-state index is -0.462. The average Bonchev–Trinajstić information content (AvgIpc) is 3.39. The third kappa shape index (κ3) is 3.95. The first kappa shape index (κ1) is 27.0. The summed E-state index contributed by atoms with van der Waals surface area (Å²) in [4.78, 5) is 22.4. The number of fused-ring (bicyclic) bond motifs is 9. The molecule has 218 valence electrons. The zero-order valence-corrected chi connectivity index (χ0v) is 26.2. The molecule has 0 amide bonds. The number of aromatic nitrogens is 4. The molecule has 5 heteroatoms. The van der Waals surface area contributed by atoms with E-state index in [-0.39, 0.29) is 0 Å². The van der Waals surface area contributed by atoms with Crippen molar-refractivity contribution < 1.29 is 0 Å². The van der Waals surface area contributed by atoms with Gasteiger partial charge < -0.3 is 0 Å². The van der Waals surface area contributed by atoms with Crippen molar-refractivity contribution in [2.24, 2.45) is 0 Å². The van der Waals surface area contributed by atoms with E-state index in [1.54, 1.807) is 0 Å². The first-order valence-electron chi connectivity index (χ1n) is 15.5. The zero-order chi connectivity index (χ0) is 30.8. The normalized spacial score (nSPS) is 13.5. The third-order valence-electron chi connectivity index (χ3n) is 9.24. The minimum Gasteiger partial charge on any atom is -0.258 e. The fraction of sp³-hybridized carbons (Fsp3) is 0.0732. The summed E-state index contributed by atoms with van der Waals surface area (Å²) in [5.74, 6) is 1.91. The summed E-state index contributed by atoms with van der Waals surface area (Å²) in [6.07, 6.45) is 0. The molecular weight excluding hydrogens is 581 g/mol. The van der Waals surface area contributed by atoms with E-state index >= 15 is 0 Å². The van der Waals surface area contributed by atoms with E-state index < -0.39 is 5.41 Å². The summed E-state index contributed by atoms with van der Waals surface area (Å²) in [5.41, 5.74) is 12.0. The lowest BCUT2D eigenvalue weighted by molar-refractivity contribution is 0.722. The van der Waals surface area contributed by atoms with E-state index in [0.717, 1.165) is 28.1 Å². The molecule has 0 unspecified atom stereocenters. The van der Waals surface area contributed by atoms with Gasteiger partial charge in [-0.25, -0.2) is 15.0 Å². The number of hydrogen-bond acceptors (Lipinski definition) is 5. The molecule has 1 spiro atoms. The van der Waals surface area contributed by atoms with Crippen molar-refractivity contribution in [2.75, 3.05) is 0 Å². The second-order valence-corrected chi connectivity index (χ2v) is 13.0. The van der Waals surface area contributed by atoms with Gasteiger partial charge in [0.2, 0.25) is 0 Å². The maximum Gasteiger partial charge on any atom is 0.165 e. The lowest BCUT2D eigenvalue weighted by atomic mass is 9.67. The molecule has 0 bridgehead atoms. The maximum atomic E-state index is 5.12. The summed E-state index contributed by atoms with van der Waals surface area (Å²) >= 11 is 1.84. The van der Waals surface area contributed by atoms with Gasteiger partial charge in [0.15, 0.2) is 17.5 Å². The van der Waals surface area contributed by atoms with E-state index in [1.165, 1.54) is 43.2 Å². The fourth-order valence-corrected chi connectivity index (χ4v) is 8.43. The monoisotopic (exact) mass is 608 g/mol. The van der Waals surface area contributed by atoms with Crippen molar-refractivity contribution in [3.63, 3.8) is 0 Å². The molecular formula is C41H28N4S. The quantitative estimate of drug-likeness (QED) is 0.200. The van der Waals surface area contributed by atoms with E-state index in [9.17, 15) is 0 Å². The van der Waals surface area contributed by atoms with Crippen molar-refractivity contribution in [3.8, 4) is 45.3 Å². The largest absolute Gasteiger partial charge is 0.258 e. The molecule has 7 aromatic rings. The Kier molecular flexibility index (Phi) is 6.05. The molecule has 9 rings (SSSR count). The summed E-state index contributed by atoms with van der Waals surface area (Å²) in [5, 5.41) is 0. The standard InChI is InChI=1S/C41H28N4S/c1-25-20-22-29(26(2)42-25)40-44-38(27-12-4-3-5-13-27)43-39(45-40)28-21-23-37-35(24-28)41(34-18-10-11-19-36(34)46-37)32-16-8-6-14-30(32)31-15-7-9-17-33(31)41/h3-24H,1-2H3. The molecule has 1 aliphatic carbocycles. The van der Waals surface area contributed by atoms with Gasteiger partial charge in [0.05, 0.1) is 5.41 Å². The van der Waals surface area contributed by atoms with E-state index in [0.29, 0.717) is 17.5 Å². The number of pyridine rings is 1. The van der Waals surface area contributed by atoms with Crippen molar-refractivity contribution in [3.05, 3.63) is 167 Å². The lowest BCUT2D eigenvalue weighted by Gasteiger charge is -2.39. The van der Waals surface area contributed by atoms with Crippen molar-refractivity contribution in [1.29, 1.82) is 0 Å². The third-order valence-corrected chi connectivity index (χ3v) is 10.4. The molecule has 0 saturated carbocycles. The van der Waals surface area contributed by atoms with Gasteiger partial charge in [-0.05, 0) is 77.6 Å². The van der Waals surface area contributed by atoms with Gasteiger partial charge in [-0.2, -0.15) is 0 Å². The van der Waals surface area contributed by atoms with E-state index in [1.807, 2.05) is 62.0 Å². The second-order valence-electron chi connectivity index (χ2n) is 11.9. The van der Waals surface area contributed by atoms with E-state index in [4.69, 9.17) is 19.9 Å². The molecule has 2 aromatic heterocycles. The fourth-order valence-electron chi connectivity index (χ4n) is 7.26. The second kappa shape index (κ2) is 10.3. The van der Waals surface area contributed by atoms with Gasteiger partial charge in [0.1, 0.15) is 0 Å². The lowest BCUT2D eigenvalue weighted by Crippen LogP contribution is -2.32. The number of hydrogen-bond donors (Lipinski definition) is 0. The van der Waals surface area contributed by atoms with Crippen molar-refractivity contribution >= 4 is 11.8 Å². The van der Waals surface area contributed by atoms with Crippen LogP contribution in [0.15, 0.2) is 143 Å². The summed E-state index contributed by atoms with van der Waals surface area (Å²) in [6, 6.07) is 47.6. The number of benzene rings is 5. The van der Waals surface area contributed by atoms with Crippen LogP contribution in [0, 0.1) is 13.8 Å². The topological polar surface area (TPSA) is 51.6 Å². The van der Waals surface area contributed by atoms with Crippen LogP contribution in [0.25, 0.3) is 45.3 Å². The Hall–Kier alpha value is -5.39. The summed E-state index contributed by atoms with van der Waals surface area (Å²) in [7, 11) is 0. The van der Waals surface area contributed by atoms with Gasteiger partial charge in [0, 0.05) is 37.9 Å². The van der Waals surface area contributed by atoms with Crippen LogP contribution < -0.4 is 0 Å². The Bertz CT molecular complexity index is 2280. The first-order chi connectivity index (χ1) is 22.6. The molecule has 4 nitrogen and oxygen atoms in total. The highest BCUT2D eigenvalue weighted by Gasteiger charge is 2.50. The van der Waals surface area contributed by atoms with Crippen molar-refractivity contribution in [1.82, 2.24) is 19.9 Å². The molecule has 0 radical (unpaired) electrons. The van der Waals surface area contributed by atoms with Gasteiger partial charge in [-0.15, -0.1) is 0 Å². The van der Waals surface area contributed by atoms with Crippen LogP contribution in [0.3, 0.4) is 0 Å². The summed E-state index contributed by atoms with van der Waals surface area (Å²) in [6.45, 7) is 4.02. The van der Waals surface area contributed by atoms with E-state index in [2.05, 4.69) is 97.1 Å². The number of aryl methyl sites for hydroxylation is 2. The molecule has 0 saturated heterocycles. The van der Waals surface area contributed by atoms with Crippen LogP contribution in [0.4, 0.5) is 0 Å². The number of rotatable bonds is 3. The van der Waals surface area contributed by atoms with Gasteiger partial charge >= 0.3 is 0 Å². The Morgan fingerprint density at radius 2 is 1.02 bits per heavy atom. The predicted octanol–water partition coefficient (Wildman–Crippen LogP) is 9.71. The molecule has 0 fully saturated rings. The Morgan fingerprint density at radius 1 is 0.435 bits per heavy atom. The predicted molar refractivity (Wildman–Crippen MR) is 185 cm³/mol.